The van der Waals surface area contributed by atoms with Crippen molar-refractivity contribution in [3.05, 3.63) is 59.2 Å². The molecule has 2 aromatic carbocycles. The van der Waals surface area contributed by atoms with Crippen LogP contribution in [-0.2, 0) is 20.9 Å². The van der Waals surface area contributed by atoms with Crippen LogP contribution in [0.3, 0.4) is 0 Å². The molecular weight excluding hydrogens is 352 g/mol. The van der Waals surface area contributed by atoms with Crippen LogP contribution in [0.1, 0.15) is 33.2 Å². The number of hydrogen-bond donors (Lipinski definition) is 0. The van der Waals surface area contributed by atoms with E-state index < -0.39 is 11.9 Å². The van der Waals surface area contributed by atoms with E-state index in [1.54, 1.807) is 42.5 Å². The highest BCUT2D eigenvalue weighted by molar-refractivity contribution is 5.94. The lowest BCUT2D eigenvalue weighted by molar-refractivity contribution is -0.147. The predicted octanol–water partition coefficient (Wildman–Crippen LogP) is 2.81. The molecule has 0 fully saturated rings. The number of ether oxygens (including phenoxy) is 4. The Morgan fingerprint density at radius 1 is 0.926 bits per heavy atom. The Kier molecular flexibility index (Phi) is 6.93. The van der Waals surface area contributed by atoms with E-state index >= 15 is 0 Å². The van der Waals surface area contributed by atoms with E-state index in [0.29, 0.717) is 28.2 Å². The summed E-state index contributed by atoms with van der Waals surface area (Å²) in [6, 6.07) is 11.3. The van der Waals surface area contributed by atoms with Gasteiger partial charge in [0.05, 0.1) is 19.8 Å². The third-order valence-corrected chi connectivity index (χ3v) is 3.66. The molecule has 7 heteroatoms. The summed E-state index contributed by atoms with van der Waals surface area (Å²) >= 11 is 0. The number of rotatable bonds is 8. The van der Waals surface area contributed by atoms with E-state index in [1.807, 2.05) is 0 Å². The number of carbonyl (C=O) groups excluding carboxylic acids is 3. The molecule has 0 atom stereocenters. The summed E-state index contributed by atoms with van der Waals surface area (Å²) in [4.78, 5) is 34.8. The zero-order valence-electron chi connectivity index (χ0n) is 15.3. The van der Waals surface area contributed by atoms with Gasteiger partial charge in [-0.25, -0.2) is 9.59 Å². The number of esters is 2. The van der Waals surface area contributed by atoms with Gasteiger partial charge in [-0.05, 0) is 42.8 Å². The molecule has 7 nitrogen and oxygen atoms in total. The van der Waals surface area contributed by atoms with Crippen molar-refractivity contribution in [2.75, 3.05) is 20.8 Å². The van der Waals surface area contributed by atoms with E-state index in [9.17, 15) is 14.4 Å². The SMILES string of the molecule is COC(=O)c1cccc(COC(=O)COc2ccc(C(C)=O)cc2OC)c1. The molecule has 0 N–H and O–H groups in total. The monoisotopic (exact) mass is 372 g/mol. The predicted molar refractivity (Wildman–Crippen MR) is 96.1 cm³/mol. The zero-order valence-corrected chi connectivity index (χ0v) is 15.3. The highest BCUT2D eigenvalue weighted by Gasteiger charge is 2.12. The Balaban J connectivity index is 1.92. The summed E-state index contributed by atoms with van der Waals surface area (Å²) < 4.78 is 20.4. The van der Waals surface area contributed by atoms with Gasteiger partial charge in [0.1, 0.15) is 6.61 Å². The Morgan fingerprint density at radius 2 is 1.70 bits per heavy atom. The first-order chi connectivity index (χ1) is 12.9. The van der Waals surface area contributed by atoms with Gasteiger partial charge in [0.15, 0.2) is 23.9 Å². The first kappa shape index (κ1) is 20.0. The molecule has 2 aromatic rings. The Bertz CT molecular complexity index is 842. The fraction of sp³-hybridized carbons (Fsp3) is 0.250. The standard InChI is InChI=1S/C20H20O7/c1-13(21)15-7-8-17(18(10-15)24-2)26-12-19(22)27-11-14-5-4-6-16(9-14)20(23)25-3/h4-10H,11-12H2,1-3H3. The average molecular weight is 372 g/mol. The Morgan fingerprint density at radius 3 is 2.37 bits per heavy atom. The van der Waals surface area contributed by atoms with Crippen LogP contribution in [-0.4, -0.2) is 38.5 Å². The van der Waals surface area contributed by atoms with Gasteiger partial charge in [-0.2, -0.15) is 0 Å². The minimum absolute atomic E-state index is 0.00651. The molecule has 0 aliphatic heterocycles. The maximum absolute atomic E-state index is 11.9. The van der Waals surface area contributed by atoms with Gasteiger partial charge in [0.2, 0.25) is 0 Å². The van der Waals surface area contributed by atoms with Crippen molar-refractivity contribution in [2.24, 2.45) is 0 Å². The largest absolute Gasteiger partial charge is 0.493 e. The van der Waals surface area contributed by atoms with Crippen LogP contribution in [0, 0.1) is 0 Å². The second kappa shape index (κ2) is 9.38. The fourth-order valence-corrected chi connectivity index (χ4v) is 2.25. The lowest BCUT2D eigenvalue weighted by Gasteiger charge is -2.11. The second-order valence-electron chi connectivity index (χ2n) is 5.56. The number of hydrogen-bond acceptors (Lipinski definition) is 7. The van der Waals surface area contributed by atoms with E-state index in [-0.39, 0.29) is 19.0 Å². The van der Waals surface area contributed by atoms with Crippen LogP contribution < -0.4 is 9.47 Å². The number of benzene rings is 2. The van der Waals surface area contributed by atoms with Gasteiger partial charge in [-0.1, -0.05) is 12.1 Å². The van der Waals surface area contributed by atoms with Crippen LogP contribution in [0.25, 0.3) is 0 Å². The number of methoxy groups -OCH3 is 2. The Labute approximate surface area is 156 Å². The molecule has 0 aliphatic rings. The van der Waals surface area contributed by atoms with Gasteiger partial charge in [0, 0.05) is 5.56 Å². The first-order valence-corrected chi connectivity index (χ1v) is 8.09. The normalized spacial score (nSPS) is 10.0. The van der Waals surface area contributed by atoms with Crippen molar-refractivity contribution in [3.63, 3.8) is 0 Å². The van der Waals surface area contributed by atoms with E-state index in [0.717, 1.165) is 0 Å². The molecule has 0 spiro atoms. The van der Waals surface area contributed by atoms with Crippen LogP contribution in [0.2, 0.25) is 0 Å². The van der Waals surface area contributed by atoms with Crippen molar-refractivity contribution in [1.29, 1.82) is 0 Å². The van der Waals surface area contributed by atoms with Crippen molar-refractivity contribution in [3.8, 4) is 11.5 Å². The Hall–Kier alpha value is -3.35. The van der Waals surface area contributed by atoms with Gasteiger partial charge in [-0.3, -0.25) is 4.79 Å². The molecule has 0 amide bonds. The molecule has 27 heavy (non-hydrogen) atoms. The number of Topliss-reactive ketones (excluding diaryl/α,β-unsaturated/α-hetero) is 1. The third-order valence-electron chi connectivity index (χ3n) is 3.66. The molecule has 0 saturated carbocycles. The summed E-state index contributed by atoms with van der Waals surface area (Å²) in [6.07, 6.45) is 0. The summed E-state index contributed by atoms with van der Waals surface area (Å²) in [5.41, 5.74) is 1.50. The summed E-state index contributed by atoms with van der Waals surface area (Å²) in [6.45, 7) is 1.11. The second-order valence-corrected chi connectivity index (χ2v) is 5.56. The van der Waals surface area contributed by atoms with Gasteiger partial charge in [0.25, 0.3) is 0 Å². The van der Waals surface area contributed by atoms with Crippen molar-refractivity contribution in [2.45, 2.75) is 13.5 Å². The van der Waals surface area contributed by atoms with Gasteiger partial charge >= 0.3 is 11.9 Å². The molecular formula is C20H20O7. The van der Waals surface area contributed by atoms with Crippen LogP contribution in [0.5, 0.6) is 11.5 Å². The van der Waals surface area contributed by atoms with E-state index in [2.05, 4.69) is 4.74 Å². The molecule has 0 radical (unpaired) electrons. The lowest BCUT2D eigenvalue weighted by Crippen LogP contribution is -2.15. The number of ketones is 1. The van der Waals surface area contributed by atoms with Gasteiger partial charge < -0.3 is 18.9 Å². The highest BCUT2D eigenvalue weighted by Crippen LogP contribution is 2.28. The maximum Gasteiger partial charge on any atom is 0.344 e. The number of carbonyl (C=O) groups is 3. The molecule has 0 heterocycles. The lowest BCUT2D eigenvalue weighted by atomic mass is 10.1. The summed E-state index contributed by atoms with van der Waals surface area (Å²) in [5, 5.41) is 0. The minimum atomic E-state index is -0.587. The van der Waals surface area contributed by atoms with E-state index in [4.69, 9.17) is 14.2 Å². The zero-order chi connectivity index (χ0) is 19.8. The minimum Gasteiger partial charge on any atom is -0.493 e. The van der Waals surface area contributed by atoms with Crippen molar-refractivity contribution < 1.29 is 33.3 Å². The fourth-order valence-electron chi connectivity index (χ4n) is 2.25. The molecule has 0 aromatic heterocycles. The average Bonchev–Trinajstić information content (AvgIpc) is 2.69. The topological polar surface area (TPSA) is 88.1 Å². The third kappa shape index (κ3) is 5.57. The van der Waals surface area contributed by atoms with Crippen LogP contribution >= 0.6 is 0 Å². The molecule has 2 rings (SSSR count). The quantitative estimate of drug-likeness (QED) is 0.520. The molecule has 0 bridgehead atoms. The van der Waals surface area contributed by atoms with E-state index in [1.165, 1.54) is 21.1 Å². The van der Waals surface area contributed by atoms with Crippen LogP contribution in [0.15, 0.2) is 42.5 Å². The smallest absolute Gasteiger partial charge is 0.344 e. The molecule has 0 aliphatic carbocycles. The molecule has 0 unspecified atom stereocenters. The summed E-state index contributed by atoms with van der Waals surface area (Å²) in [5.74, 6) is -0.481. The molecule has 0 saturated heterocycles. The summed E-state index contributed by atoms with van der Waals surface area (Å²) in [7, 11) is 2.74. The molecule has 142 valence electrons. The van der Waals surface area contributed by atoms with Crippen molar-refractivity contribution >= 4 is 17.7 Å². The van der Waals surface area contributed by atoms with Crippen molar-refractivity contribution in [1.82, 2.24) is 0 Å². The van der Waals surface area contributed by atoms with Crippen LogP contribution in [0.4, 0.5) is 0 Å². The van der Waals surface area contributed by atoms with Gasteiger partial charge in [-0.15, -0.1) is 0 Å². The maximum atomic E-state index is 11.9. The first-order valence-electron chi connectivity index (χ1n) is 8.09. The highest BCUT2D eigenvalue weighted by atomic mass is 16.6.